The van der Waals surface area contributed by atoms with Gasteiger partial charge in [0.15, 0.2) is 5.69 Å². The summed E-state index contributed by atoms with van der Waals surface area (Å²) in [6, 6.07) is 11.2. The fraction of sp³-hybridized carbons (Fsp3) is 0.111. The molecule has 10 heteroatoms. The number of hydrogen-bond acceptors (Lipinski definition) is 7. The summed E-state index contributed by atoms with van der Waals surface area (Å²) >= 11 is 0. The number of nitrogens with zero attached hydrogens (tertiary/aromatic N) is 3. The lowest BCUT2D eigenvalue weighted by Crippen LogP contribution is -1.98. The van der Waals surface area contributed by atoms with Crippen LogP contribution >= 0.6 is 0 Å². The lowest BCUT2D eigenvalue weighted by Gasteiger charge is -2.08. The summed E-state index contributed by atoms with van der Waals surface area (Å²) in [6.07, 6.45) is 0.477. The van der Waals surface area contributed by atoms with Gasteiger partial charge in [-0.3, -0.25) is 14.7 Å². The Kier molecular flexibility index (Phi) is 5.08. The summed E-state index contributed by atoms with van der Waals surface area (Å²) in [5, 5.41) is 29.8. The van der Waals surface area contributed by atoms with Crippen molar-refractivity contribution in [1.29, 1.82) is 0 Å². The summed E-state index contributed by atoms with van der Waals surface area (Å²) in [4.78, 5) is 10.4. The number of aromatic hydroxyl groups is 1. The van der Waals surface area contributed by atoms with E-state index in [0.29, 0.717) is 12.0 Å². The number of nitro benzene ring substituents is 1. The Morgan fingerprint density at radius 3 is 2.32 bits per heavy atom. The van der Waals surface area contributed by atoms with Crippen molar-refractivity contribution in [2.75, 3.05) is 0 Å². The number of fused-ring (bicyclic) bond motifs is 1. The molecular weight excluding hydrogens is 386 g/mol. The summed E-state index contributed by atoms with van der Waals surface area (Å²) in [7, 11) is -4.50. The maximum Gasteiger partial charge on any atom is 0.297 e. The molecule has 28 heavy (non-hydrogen) atoms. The van der Waals surface area contributed by atoms with Crippen molar-refractivity contribution < 1.29 is 23.0 Å². The summed E-state index contributed by atoms with van der Waals surface area (Å²) in [6.45, 7) is 1.81. The molecule has 2 N–H and O–H groups in total. The normalized spacial score (nSPS) is 11.9. The molecule has 3 aromatic carbocycles. The third kappa shape index (κ3) is 3.55. The number of aryl methyl sites for hydroxylation is 1. The van der Waals surface area contributed by atoms with Crippen LogP contribution in [0.2, 0.25) is 0 Å². The van der Waals surface area contributed by atoms with Crippen molar-refractivity contribution in [1.82, 2.24) is 0 Å². The van der Waals surface area contributed by atoms with E-state index in [9.17, 15) is 28.2 Å². The molecule has 0 spiro atoms. The van der Waals surface area contributed by atoms with E-state index in [4.69, 9.17) is 0 Å². The first-order valence-corrected chi connectivity index (χ1v) is 9.58. The van der Waals surface area contributed by atoms with Gasteiger partial charge in [-0.2, -0.15) is 8.42 Å². The van der Waals surface area contributed by atoms with Gasteiger partial charge < -0.3 is 5.11 Å². The predicted molar refractivity (Wildman–Crippen MR) is 102 cm³/mol. The van der Waals surface area contributed by atoms with Crippen LogP contribution in [-0.2, 0) is 16.5 Å². The first kappa shape index (κ1) is 19.4. The zero-order chi connectivity index (χ0) is 20.5. The molecule has 0 aliphatic carbocycles. The van der Waals surface area contributed by atoms with Gasteiger partial charge in [0.2, 0.25) is 0 Å². The molecule has 0 fully saturated rings. The monoisotopic (exact) mass is 401 g/mol. The Bertz CT molecular complexity index is 1220. The van der Waals surface area contributed by atoms with E-state index in [1.807, 2.05) is 6.92 Å². The van der Waals surface area contributed by atoms with Crippen LogP contribution in [0, 0.1) is 10.1 Å². The average molecular weight is 401 g/mol. The van der Waals surface area contributed by atoms with Crippen molar-refractivity contribution in [2.24, 2.45) is 10.2 Å². The highest BCUT2D eigenvalue weighted by Gasteiger charge is 2.19. The second-order valence-electron chi connectivity index (χ2n) is 5.86. The third-order valence-corrected chi connectivity index (χ3v) is 5.09. The first-order valence-electron chi connectivity index (χ1n) is 8.14. The van der Waals surface area contributed by atoms with Gasteiger partial charge in [-0.25, -0.2) is 0 Å². The molecule has 144 valence electrons. The highest BCUT2D eigenvalue weighted by atomic mass is 32.2. The Morgan fingerprint density at radius 2 is 1.68 bits per heavy atom. The van der Waals surface area contributed by atoms with E-state index >= 15 is 0 Å². The van der Waals surface area contributed by atoms with E-state index in [0.717, 1.165) is 0 Å². The molecule has 3 rings (SSSR count). The standard InChI is InChI=1S/C18H15N3O6S/c1-2-11-5-3-7-14(21(23)24)17(11)19-20-18-13-6-4-8-16(28(25,26)27)12(13)9-10-15(18)22/h3-10,22H,2H2,1H3,(H,25,26,27). The predicted octanol–water partition coefficient (Wildman–Crippen LogP) is 4.68. The molecule has 0 aromatic heterocycles. The maximum atomic E-state index is 11.6. The number of nitro groups is 1. The van der Waals surface area contributed by atoms with Crippen LogP contribution in [0.25, 0.3) is 10.8 Å². The average Bonchev–Trinajstić information content (AvgIpc) is 2.65. The van der Waals surface area contributed by atoms with Crippen molar-refractivity contribution >= 4 is 38.0 Å². The van der Waals surface area contributed by atoms with Gasteiger partial charge in [0, 0.05) is 16.8 Å². The lowest BCUT2D eigenvalue weighted by atomic mass is 10.1. The Balaban J connectivity index is 2.25. The molecule has 0 aliphatic rings. The van der Waals surface area contributed by atoms with Crippen LogP contribution in [0.15, 0.2) is 63.7 Å². The van der Waals surface area contributed by atoms with Crippen LogP contribution in [0.3, 0.4) is 0 Å². The van der Waals surface area contributed by atoms with Crippen LogP contribution < -0.4 is 0 Å². The quantitative estimate of drug-likeness (QED) is 0.275. The molecule has 9 nitrogen and oxygen atoms in total. The first-order chi connectivity index (χ1) is 13.2. The second-order valence-corrected chi connectivity index (χ2v) is 7.25. The Morgan fingerprint density at radius 1 is 1.00 bits per heavy atom. The molecular formula is C18H15N3O6S. The van der Waals surface area contributed by atoms with Crippen molar-refractivity contribution in [3.8, 4) is 5.75 Å². The molecule has 0 amide bonds. The summed E-state index contributed by atoms with van der Waals surface area (Å²) in [5.74, 6) is -0.291. The molecule has 0 radical (unpaired) electrons. The van der Waals surface area contributed by atoms with Crippen molar-refractivity contribution in [3.05, 3.63) is 64.2 Å². The largest absolute Gasteiger partial charge is 0.506 e. The molecule has 0 heterocycles. The minimum atomic E-state index is -4.50. The van der Waals surface area contributed by atoms with E-state index in [1.54, 1.807) is 12.1 Å². The van der Waals surface area contributed by atoms with Crippen molar-refractivity contribution in [2.45, 2.75) is 18.2 Å². The third-order valence-electron chi connectivity index (χ3n) is 4.18. The van der Waals surface area contributed by atoms with Crippen LogP contribution in [0.1, 0.15) is 12.5 Å². The minimum absolute atomic E-state index is 0.0531. The maximum absolute atomic E-state index is 11.6. The van der Waals surface area contributed by atoms with Crippen LogP contribution in [-0.4, -0.2) is 23.0 Å². The van der Waals surface area contributed by atoms with Gasteiger partial charge in [0.1, 0.15) is 16.3 Å². The van der Waals surface area contributed by atoms with E-state index < -0.39 is 15.0 Å². The number of phenols is 1. The topological polar surface area (TPSA) is 142 Å². The molecule has 0 aliphatic heterocycles. The second kappa shape index (κ2) is 7.33. The van der Waals surface area contributed by atoms with Gasteiger partial charge in [0.25, 0.3) is 15.8 Å². The van der Waals surface area contributed by atoms with Gasteiger partial charge >= 0.3 is 0 Å². The molecule has 0 saturated heterocycles. The van der Waals surface area contributed by atoms with E-state index in [1.165, 1.54) is 36.4 Å². The molecule has 0 saturated carbocycles. The number of benzene rings is 3. The van der Waals surface area contributed by atoms with E-state index in [-0.39, 0.29) is 38.5 Å². The number of phenolic OH excluding ortho intramolecular Hbond substituents is 1. The van der Waals surface area contributed by atoms with E-state index in [2.05, 4.69) is 10.2 Å². The number of rotatable bonds is 5. The van der Waals surface area contributed by atoms with Gasteiger partial charge in [0.05, 0.1) is 4.92 Å². The SMILES string of the molecule is CCc1cccc([N+](=O)[O-])c1N=Nc1c(O)ccc2c(S(=O)(=O)O)cccc12. The van der Waals surface area contributed by atoms with Gasteiger partial charge in [-0.05, 0) is 30.2 Å². The fourth-order valence-corrected chi connectivity index (χ4v) is 3.56. The highest BCUT2D eigenvalue weighted by molar-refractivity contribution is 7.86. The van der Waals surface area contributed by atoms with Crippen molar-refractivity contribution in [3.63, 3.8) is 0 Å². The summed E-state index contributed by atoms with van der Waals surface area (Å²) < 4.78 is 32.6. The molecule has 0 unspecified atom stereocenters. The molecule has 0 bridgehead atoms. The zero-order valence-corrected chi connectivity index (χ0v) is 15.4. The highest BCUT2D eigenvalue weighted by Crippen LogP contribution is 2.40. The van der Waals surface area contributed by atoms with Crippen LogP contribution in [0.4, 0.5) is 17.1 Å². The summed E-state index contributed by atoms with van der Waals surface area (Å²) in [5.41, 5.74) is 0.346. The Hall–Kier alpha value is -3.37. The fourth-order valence-electron chi connectivity index (χ4n) is 2.86. The smallest absolute Gasteiger partial charge is 0.297 e. The molecule has 3 aromatic rings. The lowest BCUT2D eigenvalue weighted by molar-refractivity contribution is -0.384. The number of azo groups is 1. The van der Waals surface area contributed by atoms with Gasteiger partial charge in [-0.1, -0.05) is 31.2 Å². The Labute approximate surface area is 159 Å². The molecule has 0 atom stereocenters. The number of hydrogen-bond donors (Lipinski definition) is 2. The minimum Gasteiger partial charge on any atom is -0.506 e. The van der Waals surface area contributed by atoms with Gasteiger partial charge in [-0.15, -0.1) is 10.2 Å². The van der Waals surface area contributed by atoms with Crippen LogP contribution in [0.5, 0.6) is 5.75 Å². The zero-order valence-electron chi connectivity index (χ0n) is 14.6.